The van der Waals surface area contributed by atoms with Gasteiger partial charge in [-0.15, -0.1) is 0 Å². The van der Waals surface area contributed by atoms with Gasteiger partial charge in [-0.25, -0.2) is 0 Å². The standard InChI is InChI=1S/C12H8IN3O2/c13-8-1-2-10(14)9(5-8)12-15-11(16-18-12)7-3-4-17-6-7/h1-6H,14H2. The molecule has 0 aliphatic carbocycles. The molecule has 2 aromatic heterocycles. The lowest BCUT2D eigenvalue weighted by atomic mass is 10.2. The van der Waals surface area contributed by atoms with Crippen molar-refractivity contribution >= 4 is 28.3 Å². The summed E-state index contributed by atoms with van der Waals surface area (Å²) in [5, 5.41) is 3.90. The predicted octanol–water partition coefficient (Wildman–Crippen LogP) is 3.18. The molecule has 3 rings (SSSR count). The lowest BCUT2D eigenvalue weighted by Gasteiger charge is -2.00. The number of hydrogen-bond acceptors (Lipinski definition) is 5. The zero-order chi connectivity index (χ0) is 12.5. The number of furan rings is 1. The maximum Gasteiger partial charge on any atom is 0.260 e. The Hall–Kier alpha value is -1.83. The Bertz CT molecular complexity index is 676. The molecular weight excluding hydrogens is 345 g/mol. The van der Waals surface area contributed by atoms with E-state index in [4.69, 9.17) is 14.7 Å². The second kappa shape index (κ2) is 4.45. The molecule has 0 bridgehead atoms. The second-order valence-electron chi connectivity index (χ2n) is 3.67. The van der Waals surface area contributed by atoms with Crippen molar-refractivity contribution in [3.8, 4) is 22.8 Å². The SMILES string of the molecule is Nc1ccc(I)cc1-c1nc(-c2ccoc2)no1. The number of nitrogens with zero attached hydrogens (tertiary/aromatic N) is 2. The van der Waals surface area contributed by atoms with Gasteiger partial charge in [-0.3, -0.25) is 0 Å². The van der Waals surface area contributed by atoms with Crippen LogP contribution < -0.4 is 5.73 Å². The van der Waals surface area contributed by atoms with Crippen LogP contribution in [0.3, 0.4) is 0 Å². The normalized spacial score (nSPS) is 10.7. The lowest BCUT2D eigenvalue weighted by Crippen LogP contribution is -1.90. The Morgan fingerprint density at radius 3 is 2.89 bits per heavy atom. The minimum absolute atomic E-state index is 0.405. The van der Waals surface area contributed by atoms with Crippen molar-refractivity contribution in [1.29, 1.82) is 0 Å². The summed E-state index contributed by atoms with van der Waals surface area (Å²) in [7, 11) is 0. The number of nitrogen functional groups attached to an aromatic ring is 1. The summed E-state index contributed by atoms with van der Waals surface area (Å²) in [6, 6.07) is 7.42. The van der Waals surface area contributed by atoms with Crippen molar-refractivity contribution in [3.05, 3.63) is 40.4 Å². The van der Waals surface area contributed by atoms with Crippen LogP contribution in [-0.2, 0) is 0 Å². The summed E-state index contributed by atoms with van der Waals surface area (Å²) in [6.07, 6.45) is 3.12. The van der Waals surface area contributed by atoms with E-state index in [1.807, 2.05) is 18.2 Å². The fraction of sp³-hybridized carbons (Fsp3) is 0. The monoisotopic (exact) mass is 353 g/mol. The molecule has 0 amide bonds. The first-order chi connectivity index (χ1) is 8.74. The van der Waals surface area contributed by atoms with Gasteiger partial charge in [0, 0.05) is 9.26 Å². The van der Waals surface area contributed by atoms with Crippen molar-refractivity contribution in [2.45, 2.75) is 0 Å². The topological polar surface area (TPSA) is 78.1 Å². The zero-order valence-corrected chi connectivity index (χ0v) is 11.3. The maximum atomic E-state index is 5.90. The smallest absolute Gasteiger partial charge is 0.260 e. The third kappa shape index (κ3) is 1.99. The molecule has 5 nitrogen and oxygen atoms in total. The molecule has 0 radical (unpaired) electrons. The van der Waals surface area contributed by atoms with Gasteiger partial charge in [-0.05, 0) is 46.9 Å². The molecule has 2 heterocycles. The molecule has 6 heteroatoms. The zero-order valence-electron chi connectivity index (χ0n) is 9.13. The van der Waals surface area contributed by atoms with Crippen LogP contribution in [0, 0.1) is 3.57 Å². The summed E-state index contributed by atoms with van der Waals surface area (Å²) in [6.45, 7) is 0. The molecule has 0 unspecified atom stereocenters. The Labute approximate surface area is 116 Å². The summed E-state index contributed by atoms with van der Waals surface area (Å²) < 4.78 is 11.3. The van der Waals surface area contributed by atoms with Crippen LogP contribution in [0.1, 0.15) is 0 Å². The summed E-state index contributed by atoms with van der Waals surface area (Å²) in [4.78, 5) is 4.30. The largest absolute Gasteiger partial charge is 0.472 e. The van der Waals surface area contributed by atoms with Gasteiger partial charge in [0.05, 0.1) is 17.4 Å². The van der Waals surface area contributed by atoms with Gasteiger partial charge < -0.3 is 14.7 Å². The highest BCUT2D eigenvalue weighted by atomic mass is 127. The molecule has 0 saturated heterocycles. The fourth-order valence-corrected chi connectivity index (χ4v) is 2.05. The number of halogens is 1. The highest BCUT2D eigenvalue weighted by Gasteiger charge is 2.13. The lowest BCUT2D eigenvalue weighted by molar-refractivity contribution is 0.432. The van der Waals surface area contributed by atoms with Crippen LogP contribution >= 0.6 is 22.6 Å². The molecule has 1 aromatic carbocycles. The van der Waals surface area contributed by atoms with Crippen LogP contribution in [0.15, 0.2) is 45.7 Å². The minimum atomic E-state index is 0.405. The number of nitrogens with two attached hydrogens (primary N) is 1. The second-order valence-corrected chi connectivity index (χ2v) is 4.91. The molecule has 3 aromatic rings. The van der Waals surface area contributed by atoms with E-state index in [2.05, 4.69) is 32.7 Å². The first-order valence-corrected chi connectivity index (χ1v) is 6.23. The van der Waals surface area contributed by atoms with Gasteiger partial charge in [0.2, 0.25) is 5.82 Å². The Morgan fingerprint density at radius 1 is 1.22 bits per heavy atom. The minimum Gasteiger partial charge on any atom is -0.472 e. The number of rotatable bonds is 2. The third-order valence-corrected chi connectivity index (χ3v) is 3.12. The fourth-order valence-electron chi connectivity index (χ4n) is 1.56. The van der Waals surface area contributed by atoms with E-state index >= 15 is 0 Å². The molecule has 2 N–H and O–H groups in total. The van der Waals surface area contributed by atoms with Gasteiger partial charge >= 0.3 is 0 Å². The molecule has 0 fully saturated rings. The van der Waals surface area contributed by atoms with Gasteiger partial charge in [-0.1, -0.05) is 5.16 Å². The van der Waals surface area contributed by atoms with Crippen LogP contribution in [0.25, 0.3) is 22.8 Å². The number of hydrogen-bond donors (Lipinski definition) is 1. The molecule has 0 spiro atoms. The Morgan fingerprint density at radius 2 is 2.11 bits per heavy atom. The summed E-state index contributed by atoms with van der Waals surface area (Å²) in [5.74, 6) is 0.888. The Kier molecular flexibility index (Phi) is 2.78. The highest BCUT2D eigenvalue weighted by Crippen LogP contribution is 2.28. The van der Waals surface area contributed by atoms with E-state index in [0.717, 1.165) is 14.7 Å². The first kappa shape index (κ1) is 11.3. The van der Waals surface area contributed by atoms with E-state index in [0.29, 0.717) is 17.4 Å². The molecular formula is C12H8IN3O2. The van der Waals surface area contributed by atoms with E-state index in [1.54, 1.807) is 18.6 Å². The van der Waals surface area contributed by atoms with Gasteiger partial charge in [0.25, 0.3) is 5.89 Å². The van der Waals surface area contributed by atoms with E-state index < -0.39 is 0 Å². The number of aromatic nitrogens is 2. The molecule has 0 atom stereocenters. The van der Waals surface area contributed by atoms with E-state index in [1.165, 1.54) is 0 Å². The Balaban J connectivity index is 2.05. The van der Waals surface area contributed by atoms with Crippen LogP contribution in [0.4, 0.5) is 5.69 Å². The molecule has 18 heavy (non-hydrogen) atoms. The van der Waals surface area contributed by atoms with Gasteiger partial charge in [0.1, 0.15) is 6.26 Å². The van der Waals surface area contributed by atoms with Crippen molar-refractivity contribution < 1.29 is 8.94 Å². The molecule has 0 aliphatic heterocycles. The van der Waals surface area contributed by atoms with Gasteiger partial charge in [-0.2, -0.15) is 4.98 Å². The predicted molar refractivity (Wildman–Crippen MR) is 74.6 cm³/mol. The van der Waals surface area contributed by atoms with E-state index in [-0.39, 0.29) is 0 Å². The first-order valence-electron chi connectivity index (χ1n) is 5.16. The van der Waals surface area contributed by atoms with E-state index in [9.17, 15) is 0 Å². The van der Waals surface area contributed by atoms with Crippen molar-refractivity contribution in [1.82, 2.24) is 10.1 Å². The van der Waals surface area contributed by atoms with Crippen molar-refractivity contribution in [3.63, 3.8) is 0 Å². The van der Waals surface area contributed by atoms with Crippen LogP contribution in [0.5, 0.6) is 0 Å². The average molecular weight is 353 g/mol. The van der Waals surface area contributed by atoms with Crippen LogP contribution in [-0.4, -0.2) is 10.1 Å². The summed E-state index contributed by atoms with van der Waals surface area (Å²) >= 11 is 2.21. The van der Waals surface area contributed by atoms with Gasteiger partial charge in [0.15, 0.2) is 0 Å². The van der Waals surface area contributed by atoms with Crippen molar-refractivity contribution in [2.24, 2.45) is 0 Å². The van der Waals surface area contributed by atoms with Crippen LogP contribution in [0.2, 0.25) is 0 Å². The van der Waals surface area contributed by atoms with Crippen molar-refractivity contribution in [2.75, 3.05) is 5.73 Å². The summed E-state index contributed by atoms with van der Waals surface area (Å²) in [5.41, 5.74) is 8.02. The molecule has 0 saturated carbocycles. The highest BCUT2D eigenvalue weighted by molar-refractivity contribution is 14.1. The molecule has 90 valence electrons. The quantitative estimate of drug-likeness (QED) is 0.566. The number of benzene rings is 1. The molecule has 0 aliphatic rings. The maximum absolute atomic E-state index is 5.90. The third-order valence-electron chi connectivity index (χ3n) is 2.45. The average Bonchev–Trinajstić information content (AvgIpc) is 3.00. The number of anilines is 1.